The smallest absolute Gasteiger partial charge is 0.357 e. The zero-order valence-electron chi connectivity index (χ0n) is 14.2. The van der Waals surface area contributed by atoms with E-state index in [9.17, 15) is 9.59 Å². The maximum absolute atomic E-state index is 12.1. The molecular weight excluding hydrogens is 412 g/mol. The van der Waals surface area contributed by atoms with Gasteiger partial charge in [-0.05, 0) is 47.5 Å². The molecule has 6 nitrogen and oxygen atoms in total. The molecule has 0 bridgehead atoms. The van der Waals surface area contributed by atoms with Gasteiger partial charge in [0.05, 0.1) is 0 Å². The first-order valence-electron chi connectivity index (χ1n) is 8.07. The molecule has 0 radical (unpaired) electrons. The number of ether oxygens (including phenoxy) is 2. The lowest BCUT2D eigenvalue weighted by Crippen LogP contribution is -2.10. The Kier molecular flexibility index (Phi) is 6.27. The number of hydrogen-bond acceptors (Lipinski definition) is 6. The first-order chi connectivity index (χ1) is 13.1. The number of halogens is 1. The van der Waals surface area contributed by atoms with Crippen LogP contribution in [0.1, 0.15) is 32.1 Å². The number of pyridine rings is 2. The Balaban J connectivity index is 1.66. The molecule has 0 aliphatic carbocycles. The van der Waals surface area contributed by atoms with Crippen molar-refractivity contribution >= 4 is 27.9 Å². The Morgan fingerprint density at radius 3 is 1.85 bits per heavy atom. The number of aromatic nitrogens is 2. The highest BCUT2D eigenvalue weighted by molar-refractivity contribution is 9.10. The highest BCUT2D eigenvalue weighted by atomic mass is 79.9. The van der Waals surface area contributed by atoms with E-state index in [-0.39, 0.29) is 24.6 Å². The zero-order valence-corrected chi connectivity index (χ0v) is 15.8. The van der Waals surface area contributed by atoms with E-state index in [4.69, 9.17) is 9.47 Å². The molecule has 136 valence electrons. The molecule has 0 N–H and O–H groups in total. The molecule has 2 aromatic heterocycles. The van der Waals surface area contributed by atoms with Crippen molar-refractivity contribution in [2.24, 2.45) is 0 Å². The molecule has 0 saturated heterocycles. The van der Waals surface area contributed by atoms with E-state index in [0.29, 0.717) is 0 Å². The topological polar surface area (TPSA) is 78.4 Å². The van der Waals surface area contributed by atoms with E-state index < -0.39 is 11.9 Å². The number of hydrogen-bond donors (Lipinski definition) is 0. The van der Waals surface area contributed by atoms with Gasteiger partial charge >= 0.3 is 11.9 Å². The van der Waals surface area contributed by atoms with Crippen LogP contribution in [0.15, 0.2) is 71.5 Å². The fourth-order valence-corrected chi connectivity index (χ4v) is 2.68. The summed E-state index contributed by atoms with van der Waals surface area (Å²) < 4.78 is 11.5. The summed E-state index contributed by atoms with van der Waals surface area (Å²) in [6.07, 6.45) is 3.05. The first-order valence-corrected chi connectivity index (χ1v) is 8.86. The van der Waals surface area contributed by atoms with Crippen molar-refractivity contribution in [3.8, 4) is 0 Å². The molecule has 3 rings (SSSR count). The Morgan fingerprint density at radius 1 is 0.778 bits per heavy atom. The Labute approximate surface area is 164 Å². The van der Waals surface area contributed by atoms with Gasteiger partial charge in [0.1, 0.15) is 24.6 Å². The molecule has 0 amide bonds. The summed E-state index contributed by atoms with van der Waals surface area (Å²) in [5, 5.41) is 0. The highest BCUT2D eigenvalue weighted by Gasteiger charge is 2.13. The predicted octanol–water partition coefficient (Wildman–Crippen LogP) is 3.95. The van der Waals surface area contributed by atoms with Crippen molar-refractivity contribution in [3.63, 3.8) is 0 Å². The van der Waals surface area contributed by atoms with Gasteiger partial charge in [0.2, 0.25) is 0 Å². The fraction of sp³-hybridized carbons (Fsp3) is 0.100. The minimum Gasteiger partial charge on any atom is -0.456 e. The van der Waals surface area contributed by atoms with E-state index in [2.05, 4.69) is 25.9 Å². The van der Waals surface area contributed by atoms with Crippen LogP contribution in [0.2, 0.25) is 0 Å². The monoisotopic (exact) mass is 426 g/mol. The van der Waals surface area contributed by atoms with E-state index >= 15 is 0 Å². The van der Waals surface area contributed by atoms with Crippen LogP contribution in [0.4, 0.5) is 0 Å². The Morgan fingerprint density at radius 2 is 1.33 bits per heavy atom. The average molecular weight is 427 g/mol. The largest absolute Gasteiger partial charge is 0.456 e. The third-order valence-corrected chi connectivity index (χ3v) is 4.13. The van der Waals surface area contributed by atoms with Crippen molar-refractivity contribution in [2.45, 2.75) is 13.2 Å². The maximum atomic E-state index is 12.1. The molecule has 7 heteroatoms. The summed E-state index contributed by atoms with van der Waals surface area (Å²) in [5.74, 6) is -1.04. The normalized spacial score (nSPS) is 10.3. The van der Waals surface area contributed by atoms with Crippen LogP contribution in [-0.4, -0.2) is 21.9 Å². The van der Waals surface area contributed by atoms with Crippen LogP contribution in [0, 0.1) is 0 Å². The summed E-state index contributed by atoms with van der Waals surface area (Å²) in [6, 6.07) is 15.5. The quantitative estimate of drug-likeness (QED) is 0.555. The number of benzene rings is 1. The van der Waals surface area contributed by atoms with Crippen molar-refractivity contribution < 1.29 is 19.1 Å². The third-order valence-electron chi connectivity index (χ3n) is 3.63. The van der Waals surface area contributed by atoms with Gasteiger partial charge in [0, 0.05) is 16.9 Å². The van der Waals surface area contributed by atoms with Gasteiger partial charge in [-0.2, -0.15) is 0 Å². The van der Waals surface area contributed by atoms with E-state index in [1.165, 1.54) is 12.4 Å². The van der Waals surface area contributed by atoms with Crippen LogP contribution in [0.25, 0.3) is 0 Å². The highest BCUT2D eigenvalue weighted by Crippen LogP contribution is 2.19. The lowest BCUT2D eigenvalue weighted by atomic mass is 10.1. The van der Waals surface area contributed by atoms with Crippen molar-refractivity contribution in [1.82, 2.24) is 9.97 Å². The summed E-state index contributed by atoms with van der Waals surface area (Å²) >= 11 is 3.39. The van der Waals surface area contributed by atoms with Gasteiger partial charge in [0.25, 0.3) is 0 Å². The Hall–Kier alpha value is -3.06. The van der Waals surface area contributed by atoms with Gasteiger partial charge in [-0.15, -0.1) is 0 Å². The van der Waals surface area contributed by atoms with E-state index in [1.807, 2.05) is 12.1 Å². The molecule has 1 aromatic carbocycles. The lowest BCUT2D eigenvalue weighted by Gasteiger charge is -2.11. The zero-order chi connectivity index (χ0) is 19.1. The number of carbonyl (C=O) groups is 2. The number of rotatable bonds is 6. The summed E-state index contributed by atoms with van der Waals surface area (Å²) in [5.41, 5.74) is 1.92. The van der Waals surface area contributed by atoms with Crippen molar-refractivity contribution in [2.75, 3.05) is 0 Å². The van der Waals surface area contributed by atoms with Crippen LogP contribution >= 0.6 is 15.9 Å². The molecule has 0 saturated carbocycles. The molecule has 2 heterocycles. The second-order valence-corrected chi connectivity index (χ2v) is 6.41. The predicted molar refractivity (Wildman–Crippen MR) is 101 cm³/mol. The van der Waals surface area contributed by atoms with Gasteiger partial charge in [0.15, 0.2) is 0 Å². The van der Waals surface area contributed by atoms with Gasteiger partial charge in [-0.25, -0.2) is 19.6 Å². The van der Waals surface area contributed by atoms with E-state index in [0.717, 1.165) is 15.6 Å². The van der Waals surface area contributed by atoms with Gasteiger partial charge in [-0.3, -0.25) is 0 Å². The third kappa shape index (κ3) is 5.21. The molecule has 3 aromatic rings. The van der Waals surface area contributed by atoms with Crippen LogP contribution in [0.3, 0.4) is 0 Å². The van der Waals surface area contributed by atoms with Crippen molar-refractivity contribution in [1.29, 1.82) is 0 Å². The molecule has 27 heavy (non-hydrogen) atoms. The van der Waals surface area contributed by atoms with Gasteiger partial charge < -0.3 is 9.47 Å². The molecule has 0 unspecified atom stereocenters. The Bertz CT molecular complexity index is 933. The number of carbonyl (C=O) groups excluding carboxylic acids is 2. The molecular formula is C20H15BrN2O4. The second kappa shape index (κ2) is 9.05. The van der Waals surface area contributed by atoms with Crippen LogP contribution < -0.4 is 0 Å². The van der Waals surface area contributed by atoms with Crippen molar-refractivity contribution in [3.05, 3.63) is 94.0 Å². The summed E-state index contributed by atoms with van der Waals surface area (Å²) in [7, 11) is 0. The minimum atomic E-state index is -0.521. The maximum Gasteiger partial charge on any atom is 0.357 e. The molecule has 0 fully saturated rings. The number of nitrogens with zero attached hydrogens (tertiary/aromatic N) is 2. The molecule has 0 aliphatic heterocycles. The van der Waals surface area contributed by atoms with Gasteiger partial charge in [-0.1, -0.05) is 34.1 Å². The summed E-state index contributed by atoms with van der Waals surface area (Å²) in [6.45, 7) is 0.0739. The van der Waals surface area contributed by atoms with Crippen LogP contribution in [-0.2, 0) is 22.7 Å². The molecule has 0 atom stereocenters. The van der Waals surface area contributed by atoms with Crippen LogP contribution in [0.5, 0.6) is 0 Å². The minimum absolute atomic E-state index is 0.0331. The summed E-state index contributed by atoms with van der Waals surface area (Å²) in [4.78, 5) is 32.1. The SMILES string of the molecule is O=C(OCc1ccc(Br)cc1COC(=O)c1ccccn1)c1ccccn1. The molecule has 0 spiro atoms. The lowest BCUT2D eigenvalue weighted by molar-refractivity contribution is 0.0428. The number of esters is 2. The molecule has 0 aliphatic rings. The van der Waals surface area contributed by atoms with E-state index in [1.54, 1.807) is 42.5 Å². The first kappa shape index (κ1) is 18.7. The average Bonchev–Trinajstić information content (AvgIpc) is 2.72. The standard InChI is InChI=1S/C20H15BrN2O4/c21-16-8-7-14(12-26-19(24)17-5-1-3-9-22-17)15(11-16)13-27-20(25)18-6-2-4-10-23-18/h1-11H,12-13H2. The fourth-order valence-electron chi connectivity index (χ4n) is 2.27. The second-order valence-electron chi connectivity index (χ2n) is 5.50.